The molecular weight excluding hydrogens is 669 g/mol. The summed E-state index contributed by atoms with van der Waals surface area (Å²) in [6.45, 7) is 6.11. The zero-order valence-corrected chi connectivity index (χ0v) is 31.5. The van der Waals surface area contributed by atoms with Gasteiger partial charge in [-0.1, -0.05) is 79.6 Å². The summed E-state index contributed by atoms with van der Waals surface area (Å²) in [5.74, 6) is -2.95. The van der Waals surface area contributed by atoms with E-state index in [0.29, 0.717) is 5.82 Å². The lowest BCUT2D eigenvalue weighted by atomic mass is 10.1. The maximum absolute atomic E-state index is 9.10. The first-order chi connectivity index (χ1) is 25.6. The first kappa shape index (κ1) is 40.8. The van der Waals surface area contributed by atoms with E-state index in [1.165, 1.54) is 49.7 Å². The molecule has 0 amide bonds. The average molecular weight is 723 g/mol. The van der Waals surface area contributed by atoms with Crippen LogP contribution in [-0.4, -0.2) is 106 Å². The number of unbranched alkanes of at least 4 members (excludes halogenated alkanes) is 4. The maximum atomic E-state index is 9.10. The Labute approximate surface area is 312 Å². The van der Waals surface area contributed by atoms with E-state index in [0.717, 1.165) is 72.8 Å². The van der Waals surface area contributed by atoms with Crippen molar-refractivity contribution in [1.82, 2.24) is 40.2 Å². The van der Waals surface area contributed by atoms with E-state index in [1.807, 2.05) is 29.1 Å². The van der Waals surface area contributed by atoms with E-state index in [4.69, 9.17) is 34.9 Å². The van der Waals surface area contributed by atoms with E-state index >= 15 is 0 Å². The van der Waals surface area contributed by atoms with Gasteiger partial charge in [-0.25, -0.2) is 24.2 Å². The summed E-state index contributed by atoms with van der Waals surface area (Å²) in [6, 6.07) is 27.6. The monoisotopic (exact) mass is 722 g/mol. The van der Waals surface area contributed by atoms with Crippen LogP contribution in [0.4, 0.5) is 0 Å². The van der Waals surface area contributed by atoms with Gasteiger partial charge in [-0.2, -0.15) is 5.10 Å². The minimum absolute atomic E-state index is 0.700. The third-order valence-electron chi connectivity index (χ3n) is 8.63. The van der Waals surface area contributed by atoms with E-state index in [9.17, 15) is 0 Å². The van der Waals surface area contributed by atoms with Crippen LogP contribution in [0.3, 0.4) is 0 Å². The molecule has 53 heavy (non-hydrogen) atoms. The van der Waals surface area contributed by atoms with Gasteiger partial charge in [0.05, 0.1) is 23.0 Å². The first-order valence-electron chi connectivity index (χ1n) is 18.3. The van der Waals surface area contributed by atoms with Crippen molar-refractivity contribution in [3.63, 3.8) is 0 Å². The van der Waals surface area contributed by atoms with Crippen LogP contribution < -0.4 is 10.6 Å². The molecule has 0 radical (unpaired) electrons. The molecule has 12 heteroatoms. The summed E-state index contributed by atoms with van der Waals surface area (Å²) in [5, 5.41) is 27.7. The average Bonchev–Trinajstić information content (AvgIpc) is 3.59. The van der Waals surface area contributed by atoms with Gasteiger partial charge in [-0.3, -0.25) is 0 Å². The van der Waals surface area contributed by atoms with Crippen LogP contribution >= 0.6 is 0 Å². The van der Waals surface area contributed by atoms with Gasteiger partial charge < -0.3 is 30.6 Å². The van der Waals surface area contributed by atoms with Crippen molar-refractivity contribution < 1.29 is 19.8 Å². The molecule has 0 aliphatic carbocycles. The fourth-order valence-corrected chi connectivity index (χ4v) is 5.74. The van der Waals surface area contributed by atoms with Crippen LogP contribution in [0, 0.1) is 0 Å². The molecule has 3 aromatic carbocycles. The quantitative estimate of drug-likeness (QED) is 0.0592. The zero-order chi connectivity index (χ0) is 38.0. The van der Waals surface area contributed by atoms with E-state index in [-0.39, 0.29) is 0 Å². The Morgan fingerprint density at radius 2 is 1.15 bits per heavy atom. The maximum Gasteiger partial charge on any atom is 0.414 e. The number of benzene rings is 3. The number of aliphatic carboxylic acids is 2. The Bertz CT molecular complexity index is 1830. The van der Waals surface area contributed by atoms with Crippen LogP contribution in [0.1, 0.15) is 49.7 Å². The Kier molecular flexibility index (Phi) is 16.5. The number of nitrogens with zero attached hydrogens (tertiary/aromatic N) is 6. The van der Waals surface area contributed by atoms with Crippen molar-refractivity contribution in [1.29, 1.82) is 0 Å². The Morgan fingerprint density at radius 3 is 1.64 bits per heavy atom. The summed E-state index contributed by atoms with van der Waals surface area (Å²) < 4.78 is 1.91. The second-order valence-corrected chi connectivity index (χ2v) is 13.6. The summed E-state index contributed by atoms with van der Waals surface area (Å²) in [5.41, 5.74) is 7.26. The Morgan fingerprint density at radius 1 is 0.642 bits per heavy atom. The zero-order valence-electron chi connectivity index (χ0n) is 31.5. The molecule has 0 atom stereocenters. The van der Waals surface area contributed by atoms with Crippen molar-refractivity contribution >= 4 is 23.0 Å². The van der Waals surface area contributed by atoms with E-state index in [1.54, 1.807) is 0 Å². The molecule has 2 heterocycles. The highest BCUT2D eigenvalue weighted by Crippen LogP contribution is 2.30. The number of fused-ring (bicyclic) bond motifs is 1. The molecule has 0 fully saturated rings. The van der Waals surface area contributed by atoms with Crippen LogP contribution in [0.25, 0.3) is 39.4 Å². The number of aromatic nitrogens is 4. The Hall–Kier alpha value is -5.01. The van der Waals surface area contributed by atoms with Crippen molar-refractivity contribution in [3.05, 3.63) is 96.2 Å². The summed E-state index contributed by atoms with van der Waals surface area (Å²) in [6.07, 6.45) is 9.30. The Balaban J connectivity index is 0.000000964. The molecule has 0 unspecified atom stereocenters. The highest BCUT2D eigenvalue weighted by Gasteiger charge is 2.17. The molecular formula is C41H54N8O4. The SMILES string of the molecule is CN(C)CCCCCNCc1ccc(-c2nc(-c3ccc(CNCCCCCN(C)C)cc3)c3cnn(-c4ccccc4)c3n2)cc1.O=C(O)C(=O)O. The van der Waals surface area contributed by atoms with Gasteiger partial charge in [0, 0.05) is 24.2 Å². The van der Waals surface area contributed by atoms with Crippen molar-refractivity contribution in [2.75, 3.05) is 54.4 Å². The highest BCUT2D eigenvalue weighted by molar-refractivity contribution is 6.27. The smallest absolute Gasteiger partial charge is 0.414 e. The fourth-order valence-electron chi connectivity index (χ4n) is 5.74. The molecule has 5 aromatic rings. The highest BCUT2D eigenvalue weighted by atomic mass is 16.4. The van der Waals surface area contributed by atoms with Crippen molar-refractivity contribution in [2.24, 2.45) is 0 Å². The predicted octanol–water partition coefficient (Wildman–Crippen LogP) is 5.95. The van der Waals surface area contributed by atoms with Gasteiger partial charge in [-0.05, 0) is 103 Å². The summed E-state index contributed by atoms with van der Waals surface area (Å²) in [7, 11) is 8.54. The lowest BCUT2D eigenvalue weighted by molar-refractivity contribution is -0.159. The third-order valence-corrected chi connectivity index (χ3v) is 8.63. The topological polar surface area (TPSA) is 149 Å². The normalized spacial score (nSPS) is 11.2. The van der Waals surface area contributed by atoms with Crippen LogP contribution in [0.15, 0.2) is 85.1 Å². The molecule has 0 aliphatic rings. The molecule has 282 valence electrons. The minimum Gasteiger partial charge on any atom is -0.473 e. The summed E-state index contributed by atoms with van der Waals surface area (Å²) >= 11 is 0. The number of carbonyl (C=O) groups is 2. The first-order valence-corrected chi connectivity index (χ1v) is 18.3. The molecule has 4 N–H and O–H groups in total. The predicted molar refractivity (Wildman–Crippen MR) is 211 cm³/mol. The van der Waals surface area contributed by atoms with Crippen LogP contribution in [0.5, 0.6) is 0 Å². The molecule has 2 aromatic heterocycles. The number of hydrogen-bond acceptors (Lipinski definition) is 9. The molecule has 0 bridgehead atoms. The molecule has 0 saturated heterocycles. The number of carboxylic acids is 2. The minimum atomic E-state index is -1.82. The molecule has 0 saturated carbocycles. The van der Waals surface area contributed by atoms with E-state index < -0.39 is 11.9 Å². The lowest BCUT2D eigenvalue weighted by Gasteiger charge is -2.11. The van der Waals surface area contributed by atoms with Crippen LogP contribution in [0.2, 0.25) is 0 Å². The van der Waals surface area contributed by atoms with E-state index in [2.05, 4.69) is 109 Å². The second-order valence-electron chi connectivity index (χ2n) is 13.6. The number of hydrogen-bond donors (Lipinski definition) is 4. The van der Waals surface area contributed by atoms with Crippen molar-refractivity contribution in [3.8, 4) is 28.3 Å². The van der Waals surface area contributed by atoms with Gasteiger partial charge in [0.25, 0.3) is 0 Å². The number of nitrogens with one attached hydrogen (secondary N) is 2. The van der Waals surface area contributed by atoms with Gasteiger partial charge in [0.15, 0.2) is 11.5 Å². The summed E-state index contributed by atoms with van der Waals surface area (Å²) in [4.78, 5) is 32.9. The van der Waals surface area contributed by atoms with Crippen molar-refractivity contribution in [2.45, 2.75) is 51.6 Å². The molecule has 12 nitrogen and oxygen atoms in total. The molecule has 0 aliphatic heterocycles. The number of rotatable bonds is 19. The molecule has 0 spiro atoms. The fraction of sp³-hybridized carbons (Fsp3) is 0.390. The molecule has 5 rings (SSSR count). The van der Waals surface area contributed by atoms with Crippen LogP contribution in [-0.2, 0) is 22.7 Å². The van der Waals surface area contributed by atoms with Gasteiger partial charge >= 0.3 is 11.9 Å². The second kappa shape index (κ2) is 21.5. The van der Waals surface area contributed by atoms with Gasteiger partial charge in [-0.15, -0.1) is 0 Å². The standard InChI is InChI=1S/C39H52N8.C2H2O4/c1-45(2)26-12-6-10-24-40-28-31-16-20-33(21-17-31)37-36-30-42-47(35-14-8-5-9-15-35)39(36)44-38(43-37)34-22-18-32(19-23-34)29-41-25-11-7-13-27-46(3)4;3-1(4)2(5)6/h5,8-9,14-23,30,40-41H,6-7,10-13,24-29H2,1-4H3;(H,3,4)(H,5,6). The number of para-hydroxylation sites is 1. The van der Waals surface area contributed by atoms with Gasteiger partial charge in [0.2, 0.25) is 0 Å². The third kappa shape index (κ3) is 13.5. The lowest BCUT2D eigenvalue weighted by Crippen LogP contribution is -2.16. The van der Waals surface area contributed by atoms with Gasteiger partial charge in [0.1, 0.15) is 0 Å². The number of carboxylic acid groups (broad SMARTS) is 2. The largest absolute Gasteiger partial charge is 0.473 e.